The van der Waals surface area contributed by atoms with Gasteiger partial charge in [0, 0.05) is 23.9 Å². The number of halogens is 1. The van der Waals surface area contributed by atoms with E-state index in [9.17, 15) is 10.1 Å². The fourth-order valence-corrected chi connectivity index (χ4v) is 2.29. The SMILES string of the molecule is COc1ccc(NCc2cccc([N+](=O)[O-])c2C)cc1Cl. The summed E-state index contributed by atoms with van der Waals surface area (Å²) in [7, 11) is 1.56. The number of rotatable bonds is 5. The highest BCUT2D eigenvalue weighted by Gasteiger charge is 2.12. The van der Waals surface area contributed by atoms with Crippen molar-refractivity contribution in [2.24, 2.45) is 0 Å². The monoisotopic (exact) mass is 306 g/mol. The number of hydrogen-bond acceptors (Lipinski definition) is 4. The van der Waals surface area contributed by atoms with E-state index in [-0.39, 0.29) is 10.6 Å². The lowest BCUT2D eigenvalue weighted by Gasteiger charge is -2.11. The number of hydrogen-bond donors (Lipinski definition) is 1. The van der Waals surface area contributed by atoms with Gasteiger partial charge in [-0.25, -0.2) is 0 Å². The second-order valence-corrected chi connectivity index (χ2v) is 4.93. The highest BCUT2D eigenvalue weighted by Crippen LogP contribution is 2.28. The summed E-state index contributed by atoms with van der Waals surface area (Å²) in [5.41, 5.74) is 2.49. The molecule has 0 radical (unpaired) electrons. The quantitative estimate of drug-likeness (QED) is 0.665. The van der Waals surface area contributed by atoms with Gasteiger partial charge in [-0.3, -0.25) is 10.1 Å². The van der Waals surface area contributed by atoms with Crippen molar-refractivity contribution < 1.29 is 9.66 Å². The molecule has 2 rings (SSSR count). The van der Waals surface area contributed by atoms with Crippen molar-refractivity contribution in [1.29, 1.82) is 0 Å². The molecule has 0 saturated carbocycles. The molecule has 0 aliphatic heterocycles. The van der Waals surface area contributed by atoms with Crippen LogP contribution < -0.4 is 10.1 Å². The molecular weight excluding hydrogens is 292 g/mol. The van der Waals surface area contributed by atoms with Crippen molar-refractivity contribution >= 4 is 23.0 Å². The summed E-state index contributed by atoms with van der Waals surface area (Å²) in [5.74, 6) is 0.605. The van der Waals surface area contributed by atoms with Gasteiger partial charge >= 0.3 is 0 Å². The van der Waals surface area contributed by atoms with Gasteiger partial charge in [0.05, 0.1) is 17.1 Å². The van der Waals surface area contributed by atoms with Crippen LogP contribution in [0.3, 0.4) is 0 Å². The Kier molecular flexibility index (Phi) is 4.65. The van der Waals surface area contributed by atoms with Crippen LogP contribution in [0.15, 0.2) is 36.4 Å². The van der Waals surface area contributed by atoms with E-state index in [0.29, 0.717) is 22.9 Å². The molecule has 2 aromatic rings. The lowest BCUT2D eigenvalue weighted by molar-refractivity contribution is -0.385. The van der Waals surface area contributed by atoms with Crippen LogP contribution in [-0.4, -0.2) is 12.0 Å². The van der Waals surface area contributed by atoms with Crippen LogP contribution in [0.25, 0.3) is 0 Å². The second kappa shape index (κ2) is 6.45. The molecular formula is C15H15ClN2O3. The first-order chi connectivity index (χ1) is 10.0. The number of ether oxygens (including phenoxy) is 1. The van der Waals surface area contributed by atoms with E-state index >= 15 is 0 Å². The highest BCUT2D eigenvalue weighted by atomic mass is 35.5. The lowest BCUT2D eigenvalue weighted by Crippen LogP contribution is -2.03. The summed E-state index contributed by atoms with van der Waals surface area (Å²) in [4.78, 5) is 10.5. The first-order valence-electron chi connectivity index (χ1n) is 6.33. The van der Waals surface area contributed by atoms with Crippen LogP contribution in [0.1, 0.15) is 11.1 Å². The Hall–Kier alpha value is -2.27. The zero-order chi connectivity index (χ0) is 15.4. The van der Waals surface area contributed by atoms with Gasteiger partial charge in [0.25, 0.3) is 5.69 Å². The zero-order valence-corrected chi connectivity index (χ0v) is 12.5. The van der Waals surface area contributed by atoms with E-state index in [0.717, 1.165) is 11.3 Å². The molecule has 0 atom stereocenters. The number of methoxy groups -OCH3 is 1. The molecule has 2 aromatic carbocycles. The van der Waals surface area contributed by atoms with Gasteiger partial charge in [0.2, 0.25) is 0 Å². The van der Waals surface area contributed by atoms with Crippen LogP contribution >= 0.6 is 11.6 Å². The maximum Gasteiger partial charge on any atom is 0.272 e. The molecule has 6 heteroatoms. The number of anilines is 1. The van der Waals surface area contributed by atoms with Crippen LogP contribution in [0.2, 0.25) is 5.02 Å². The predicted molar refractivity (Wildman–Crippen MR) is 83.2 cm³/mol. The zero-order valence-electron chi connectivity index (χ0n) is 11.7. The minimum absolute atomic E-state index is 0.127. The van der Waals surface area contributed by atoms with Crippen LogP contribution in [0.4, 0.5) is 11.4 Å². The maximum atomic E-state index is 10.9. The van der Waals surface area contributed by atoms with E-state index in [2.05, 4.69) is 5.32 Å². The Balaban J connectivity index is 2.15. The normalized spacial score (nSPS) is 10.2. The molecule has 0 unspecified atom stereocenters. The van der Waals surface area contributed by atoms with Crippen LogP contribution in [0.5, 0.6) is 5.75 Å². The summed E-state index contributed by atoms with van der Waals surface area (Å²) in [5, 5.41) is 14.6. The third-order valence-corrected chi connectivity index (χ3v) is 3.54. The molecule has 0 aliphatic rings. The Morgan fingerprint density at radius 2 is 2.10 bits per heavy atom. The van der Waals surface area contributed by atoms with Gasteiger partial charge in [-0.2, -0.15) is 0 Å². The minimum atomic E-state index is -0.372. The molecule has 5 nitrogen and oxygen atoms in total. The largest absolute Gasteiger partial charge is 0.495 e. The minimum Gasteiger partial charge on any atom is -0.495 e. The van der Waals surface area contributed by atoms with Crippen molar-refractivity contribution in [3.8, 4) is 5.75 Å². The van der Waals surface area contributed by atoms with Crippen molar-refractivity contribution in [3.63, 3.8) is 0 Å². The van der Waals surface area contributed by atoms with E-state index in [4.69, 9.17) is 16.3 Å². The van der Waals surface area contributed by atoms with Gasteiger partial charge in [0.1, 0.15) is 5.75 Å². The van der Waals surface area contributed by atoms with Crippen LogP contribution in [-0.2, 0) is 6.54 Å². The first-order valence-corrected chi connectivity index (χ1v) is 6.71. The molecule has 0 aromatic heterocycles. The van der Waals surface area contributed by atoms with Crippen molar-refractivity contribution in [1.82, 2.24) is 0 Å². The third kappa shape index (κ3) is 3.44. The summed E-state index contributed by atoms with van der Waals surface area (Å²) < 4.78 is 5.09. The Bertz CT molecular complexity index is 674. The number of benzene rings is 2. The molecule has 0 aliphatic carbocycles. The molecule has 0 bridgehead atoms. The van der Waals surface area contributed by atoms with Gasteiger partial charge in [-0.05, 0) is 30.7 Å². The summed E-state index contributed by atoms with van der Waals surface area (Å²) in [6.07, 6.45) is 0. The molecule has 0 fully saturated rings. The molecule has 0 spiro atoms. The average molecular weight is 307 g/mol. The Morgan fingerprint density at radius 3 is 2.71 bits per heavy atom. The number of nitro benzene ring substituents is 1. The standard InChI is InChI=1S/C15H15ClN2O3/c1-10-11(4-3-5-14(10)18(19)20)9-17-12-6-7-15(21-2)13(16)8-12/h3-8,17H,9H2,1-2H3. The molecule has 0 amide bonds. The first kappa shape index (κ1) is 15.1. The van der Waals surface area contributed by atoms with E-state index < -0.39 is 0 Å². The van der Waals surface area contributed by atoms with Gasteiger partial charge in [0.15, 0.2) is 0 Å². The van der Waals surface area contributed by atoms with Crippen LogP contribution in [0, 0.1) is 17.0 Å². The maximum absolute atomic E-state index is 10.9. The smallest absolute Gasteiger partial charge is 0.272 e. The fourth-order valence-electron chi connectivity index (χ4n) is 2.03. The number of nitrogens with zero attached hydrogens (tertiary/aromatic N) is 1. The predicted octanol–water partition coefficient (Wildman–Crippen LogP) is 4.18. The van der Waals surface area contributed by atoms with E-state index in [1.54, 1.807) is 32.2 Å². The Morgan fingerprint density at radius 1 is 1.33 bits per heavy atom. The highest BCUT2D eigenvalue weighted by molar-refractivity contribution is 6.32. The molecule has 110 valence electrons. The third-order valence-electron chi connectivity index (χ3n) is 3.25. The Labute approximate surface area is 127 Å². The van der Waals surface area contributed by atoms with Gasteiger partial charge in [-0.1, -0.05) is 23.7 Å². The summed E-state index contributed by atoms with van der Waals surface area (Å²) in [6, 6.07) is 10.4. The van der Waals surface area contributed by atoms with E-state index in [1.807, 2.05) is 12.1 Å². The molecule has 1 N–H and O–H groups in total. The average Bonchev–Trinajstić information content (AvgIpc) is 2.46. The van der Waals surface area contributed by atoms with Gasteiger partial charge < -0.3 is 10.1 Å². The van der Waals surface area contributed by atoms with Crippen molar-refractivity contribution in [2.75, 3.05) is 12.4 Å². The summed E-state index contributed by atoms with van der Waals surface area (Å²) >= 11 is 6.06. The van der Waals surface area contributed by atoms with Gasteiger partial charge in [-0.15, -0.1) is 0 Å². The lowest BCUT2D eigenvalue weighted by atomic mass is 10.1. The van der Waals surface area contributed by atoms with Crippen molar-refractivity contribution in [3.05, 3.63) is 62.7 Å². The number of nitrogens with one attached hydrogen (secondary N) is 1. The molecule has 0 heterocycles. The second-order valence-electron chi connectivity index (χ2n) is 4.52. The van der Waals surface area contributed by atoms with Crippen molar-refractivity contribution in [2.45, 2.75) is 13.5 Å². The number of nitro groups is 1. The summed E-state index contributed by atoms with van der Waals surface area (Å²) in [6.45, 7) is 2.23. The topological polar surface area (TPSA) is 64.4 Å². The molecule has 21 heavy (non-hydrogen) atoms. The molecule has 0 saturated heterocycles. The fraction of sp³-hybridized carbons (Fsp3) is 0.200. The van der Waals surface area contributed by atoms with E-state index in [1.165, 1.54) is 6.07 Å².